The number of aryl methyl sites for hydroxylation is 1. The number of aromatic amines is 1. The number of benzene rings is 2. The summed E-state index contributed by atoms with van der Waals surface area (Å²) < 4.78 is 24.8. The Balaban J connectivity index is 2.34. The largest absolute Gasteiger partial charge is 0.495 e. The third kappa shape index (κ3) is 3.25. The summed E-state index contributed by atoms with van der Waals surface area (Å²) in [5, 5.41) is 1.16. The molecule has 0 atom stereocenters. The maximum atomic E-state index is 13.8. The first-order chi connectivity index (χ1) is 12.5. The van der Waals surface area contributed by atoms with E-state index in [2.05, 4.69) is 4.98 Å². The summed E-state index contributed by atoms with van der Waals surface area (Å²) in [6, 6.07) is 7.69. The summed E-state index contributed by atoms with van der Waals surface area (Å²) in [6.45, 7) is 2.27. The second-order valence-electron chi connectivity index (χ2n) is 5.79. The van der Waals surface area contributed by atoms with Crippen LogP contribution in [0.25, 0.3) is 22.0 Å². The average molecular weight is 377 g/mol. The van der Waals surface area contributed by atoms with E-state index < -0.39 is 11.4 Å². The Bertz CT molecular complexity index is 1030. The van der Waals surface area contributed by atoms with Crippen LogP contribution in [0.4, 0.5) is 4.39 Å². The molecule has 5 nitrogen and oxygen atoms in total. The van der Waals surface area contributed by atoms with E-state index in [-0.39, 0.29) is 12.0 Å². The van der Waals surface area contributed by atoms with Gasteiger partial charge in [-0.1, -0.05) is 11.6 Å². The Kier molecular flexibility index (Phi) is 5.15. The van der Waals surface area contributed by atoms with Gasteiger partial charge in [0.2, 0.25) is 0 Å². The minimum Gasteiger partial charge on any atom is -0.495 e. The molecule has 0 unspecified atom stereocenters. The summed E-state index contributed by atoms with van der Waals surface area (Å²) in [5.41, 5.74) is 6.85. The fourth-order valence-corrected chi connectivity index (χ4v) is 3.17. The lowest BCUT2D eigenvalue weighted by atomic mass is 10.0. The monoisotopic (exact) mass is 376 g/mol. The summed E-state index contributed by atoms with van der Waals surface area (Å²) >= 11 is 6.22. The van der Waals surface area contributed by atoms with Crippen LogP contribution < -0.4 is 20.8 Å². The summed E-state index contributed by atoms with van der Waals surface area (Å²) in [7, 11) is 1.52. The van der Waals surface area contributed by atoms with Gasteiger partial charge in [0, 0.05) is 17.5 Å². The van der Waals surface area contributed by atoms with Crippen LogP contribution in [-0.2, 0) is 0 Å². The van der Waals surface area contributed by atoms with Gasteiger partial charge >= 0.3 is 0 Å². The fourth-order valence-electron chi connectivity index (χ4n) is 2.92. The van der Waals surface area contributed by atoms with Gasteiger partial charge in [0.05, 0.1) is 23.2 Å². The van der Waals surface area contributed by atoms with Crippen molar-refractivity contribution in [2.24, 2.45) is 5.73 Å². The molecule has 0 saturated carbocycles. The van der Waals surface area contributed by atoms with Crippen LogP contribution in [0.15, 0.2) is 35.1 Å². The standard InChI is InChI=1S/C19H18ClFN2O3/c1-10-7-12(21)9-13-16(10)18(26-6-5-22)17(23-19(13)24)11-3-4-15(25-2)14(20)8-11/h3-4,7-9H,5-6,22H2,1-2H3,(H,23,24). The highest BCUT2D eigenvalue weighted by Gasteiger charge is 2.18. The minimum atomic E-state index is -0.481. The first-order valence-electron chi connectivity index (χ1n) is 7.99. The highest BCUT2D eigenvalue weighted by molar-refractivity contribution is 6.32. The van der Waals surface area contributed by atoms with Crippen molar-refractivity contribution in [3.63, 3.8) is 0 Å². The normalized spacial score (nSPS) is 11.0. The number of fused-ring (bicyclic) bond motifs is 1. The van der Waals surface area contributed by atoms with E-state index in [1.165, 1.54) is 19.2 Å². The maximum Gasteiger partial charge on any atom is 0.256 e. The molecule has 0 saturated heterocycles. The number of aromatic nitrogens is 1. The molecule has 3 rings (SSSR count). The zero-order valence-corrected chi connectivity index (χ0v) is 15.1. The van der Waals surface area contributed by atoms with Crippen LogP contribution >= 0.6 is 11.6 Å². The van der Waals surface area contributed by atoms with Gasteiger partial charge in [-0.25, -0.2) is 4.39 Å². The van der Waals surface area contributed by atoms with Crippen molar-refractivity contribution in [2.75, 3.05) is 20.3 Å². The van der Waals surface area contributed by atoms with Gasteiger partial charge in [-0.15, -0.1) is 0 Å². The van der Waals surface area contributed by atoms with Crippen molar-refractivity contribution in [2.45, 2.75) is 6.92 Å². The number of halogens is 2. The van der Waals surface area contributed by atoms with E-state index in [9.17, 15) is 9.18 Å². The molecule has 0 bridgehead atoms. The molecule has 3 aromatic rings. The van der Waals surface area contributed by atoms with E-state index in [0.717, 1.165) is 0 Å². The molecule has 0 aliphatic heterocycles. The van der Waals surface area contributed by atoms with Crippen molar-refractivity contribution < 1.29 is 13.9 Å². The first kappa shape index (κ1) is 18.2. The predicted molar refractivity (Wildman–Crippen MR) is 101 cm³/mol. The number of pyridine rings is 1. The van der Waals surface area contributed by atoms with Crippen molar-refractivity contribution in [3.05, 3.63) is 57.1 Å². The molecule has 7 heteroatoms. The van der Waals surface area contributed by atoms with Crippen LogP contribution in [0.1, 0.15) is 5.56 Å². The highest BCUT2D eigenvalue weighted by Crippen LogP contribution is 2.38. The predicted octanol–water partition coefficient (Wildman–Crippen LogP) is 3.64. The highest BCUT2D eigenvalue weighted by atomic mass is 35.5. The summed E-state index contributed by atoms with van der Waals surface area (Å²) in [5.74, 6) is 0.468. The van der Waals surface area contributed by atoms with Gasteiger partial charge in [0.25, 0.3) is 5.56 Å². The topological polar surface area (TPSA) is 77.3 Å². The molecule has 0 aliphatic rings. The van der Waals surface area contributed by atoms with Gasteiger partial charge in [0.1, 0.15) is 18.2 Å². The first-order valence-corrected chi connectivity index (χ1v) is 8.37. The van der Waals surface area contributed by atoms with E-state index in [4.69, 9.17) is 26.8 Å². The van der Waals surface area contributed by atoms with Gasteiger partial charge in [-0.3, -0.25) is 4.79 Å². The zero-order chi connectivity index (χ0) is 18.8. The molecule has 0 amide bonds. The Hall–Kier alpha value is -2.57. The molecule has 1 heterocycles. The molecule has 3 N–H and O–H groups in total. The van der Waals surface area contributed by atoms with Crippen LogP contribution in [0.3, 0.4) is 0 Å². The number of hydrogen-bond acceptors (Lipinski definition) is 4. The maximum absolute atomic E-state index is 13.8. The summed E-state index contributed by atoms with van der Waals surface area (Å²) in [6.07, 6.45) is 0. The Morgan fingerprint density at radius 1 is 1.27 bits per heavy atom. The second kappa shape index (κ2) is 7.35. The molecule has 0 fully saturated rings. The van der Waals surface area contributed by atoms with Crippen molar-refractivity contribution in [1.29, 1.82) is 0 Å². The average Bonchev–Trinajstić information content (AvgIpc) is 2.61. The second-order valence-corrected chi connectivity index (χ2v) is 6.20. The molecule has 26 heavy (non-hydrogen) atoms. The van der Waals surface area contributed by atoms with E-state index in [0.29, 0.717) is 45.3 Å². The quantitative estimate of drug-likeness (QED) is 0.712. The number of methoxy groups -OCH3 is 1. The summed E-state index contributed by atoms with van der Waals surface area (Å²) in [4.78, 5) is 15.3. The van der Waals surface area contributed by atoms with Crippen molar-refractivity contribution in [1.82, 2.24) is 4.98 Å². The fraction of sp³-hybridized carbons (Fsp3) is 0.211. The van der Waals surface area contributed by atoms with Crippen LogP contribution in [0.5, 0.6) is 11.5 Å². The van der Waals surface area contributed by atoms with Gasteiger partial charge in [-0.05, 0) is 42.8 Å². The van der Waals surface area contributed by atoms with Crippen LogP contribution in [-0.4, -0.2) is 25.2 Å². The van der Waals surface area contributed by atoms with E-state index in [1.807, 2.05) is 0 Å². The third-order valence-corrected chi connectivity index (χ3v) is 4.34. The van der Waals surface area contributed by atoms with Crippen LogP contribution in [0, 0.1) is 12.7 Å². The molecule has 136 valence electrons. The molecular weight excluding hydrogens is 359 g/mol. The Morgan fingerprint density at radius 2 is 2.04 bits per heavy atom. The molecule has 0 aliphatic carbocycles. The van der Waals surface area contributed by atoms with Gasteiger partial charge in [0.15, 0.2) is 5.75 Å². The van der Waals surface area contributed by atoms with Gasteiger partial charge < -0.3 is 20.2 Å². The van der Waals surface area contributed by atoms with E-state index >= 15 is 0 Å². The van der Waals surface area contributed by atoms with Gasteiger partial charge in [-0.2, -0.15) is 0 Å². The van der Waals surface area contributed by atoms with Crippen molar-refractivity contribution >= 4 is 22.4 Å². The molecule has 2 aromatic carbocycles. The number of rotatable bonds is 5. The molecule has 1 aromatic heterocycles. The number of H-pyrrole nitrogens is 1. The smallest absolute Gasteiger partial charge is 0.256 e. The minimum absolute atomic E-state index is 0.220. The Labute approximate surface area is 154 Å². The molecule has 0 spiro atoms. The zero-order valence-electron chi connectivity index (χ0n) is 14.4. The number of hydrogen-bond donors (Lipinski definition) is 2. The van der Waals surface area contributed by atoms with Crippen molar-refractivity contribution in [3.8, 4) is 22.8 Å². The molecule has 0 radical (unpaired) electrons. The van der Waals surface area contributed by atoms with E-state index in [1.54, 1.807) is 25.1 Å². The lowest BCUT2D eigenvalue weighted by Crippen LogP contribution is -2.15. The Morgan fingerprint density at radius 3 is 2.69 bits per heavy atom. The number of nitrogens with one attached hydrogen (secondary N) is 1. The lowest BCUT2D eigenvalue weighted by Gasteiger charge is -2.16. The number of ether oxygens (including phenoxy) is 2. The van der Waals surface area contributed by atoms with Crippen LogP contribution in [0.2, 0.25) is 5.02 Å². The lowest BCUT2D eigenvalue weighted by molar-refractivity contribution is 0.332. The molecular formula is C19H18ClFN2O3. The third-order valence-electron chi connectivity index (χ3n) is 4.04. The SMILES string of the molecule is COc1ccc(-c2[nH]c(=O)c3cc(F)cc(C)c3c2OCCN)cc1Cl. The number of nitrogens with two attached hydrogens (primary N) is 1.